The van der Waals surface area contributed by atoms with Crippen molar-refractivity contribution in [2.45, 2.75) is 46.1 Å². The second-order valence-corrected chi connectivity index (χ2v) is 4.07. The quantitative estimate of drug-likeness (QED) is 0.580. The van der Waals surface area contributed by atoms with Crippen LogP contribution in [-0.2, 0) is 0 Å². The van der Waals surface area contributed by atoms with Gasteiger partial charge in [-0.2, -0.15) is 0 Å². The molecule has 0 aromatic heterocycles. The minimum absolute atomic E-state index is 0.250. The summed E-state index contributed by atoms with van der Waals surface area (Å²) in [6.45, 7) is 11.2. The summed E-state index contributed by atoms with van der Waals surface area (Å²) in [4.78, 5) is 2.49. The first kappa shape index (κ1) is 14.9. The molecule has 0 aliphatic rings. The molecule has 0 saturated heterocycles. The molecule has 3 heteroatoms. The van der Waals surface area contributed by atoms with Gasteiger partial charge in [-0.25, -0.2) is 0 Å². The van der Waals surface area contributed by atoms with Gasteiger partial charge in [0.15, 0.2) is 0 Å². The zero-order chi connectivity index (χ0) is 11.5. The Morgan fingerprint density at radius 2 is 1.67 bits per heavy atom. The molecule has 92 valence electrons. The SMILES string of the molecule is CCCN(CCC)CCC(CO)NCC. The van der Waals surface area contributed by atoms with Crippen LogP contribution in [0, 0.1) is 0 Å². The van der Waals surface area contributed by atoms with Crippen LogP contribution in [-0.4, -0.2) is 48.8 Å². The van der Waals surface area contributed by atoms with Gasteiger partial charge in [-0.05, 0) is 45.4 Å². The molecule has 0 aliphatic carbocycles. The maximum atomic E-state index is 9.15. The number of rotatable bonds is 10. The van der Waals surface area contributed by atoms with Gasteiger partial charge in [0, 0.05) is 6.04 Å². The molecule has 0 rings (SSSR count). The van der Waals surface area contributed by atoms with Crippen molar-refractivity contribution in [3.63, 3.8) is 0 Å². The Hall–Kier alpha value is -0.120. The molecular weight excluding hydrogens is 188 g/mol. The summed E-state index contributed by atoms with van der Waals surface area (Å²) in [7, 11) is 0. The fourth-order valence-corrected chi connectivity index (χ4v) is 1.85. The first-order chi connectivity index (χ1) is 7.28. The number of aliphatic hydroxyl groups excluding tert-OH is 1. The lowest BCUT2D eigenvalue weighted by Gasteiger charge is -2.23. The lowest BCUT2D eigenvalue weighted by atomic mass is 10.2. The summed E-state index contributed by atoms with van der Waals surface area (Å²) in [5, 5.41) is 12.4. The Labute approximate surface area is 94.9 Å². The van der Waals surface area contributed by atoms with Crippen molar-refractivity contribution in [1.29, 1.82) is 0 Å². The lowest BCUT2D eigenvalue weighted by Crippen LogP contribution is -2.37. The Bertz CT molecular complexity index is 125. The Kier molecular flexibility index (Phi) is 10.3. The summed E-state index contributed by atoms with van der Waals surface area (Å²) < 4.78 is 0. The summed E-state index contributed by atoms with van der Waals surface area (Å²) in [6.07, 6.45) is 3.47. The standard InChI is InChI=1S/C12H28N2O/c1-4-8-14(9-5-2)10-7-12(11-15)13-6-3/h12-13,15H,4-11H2,1-3H3. The maximum Gasteiger partial charge on any atom is 0.0585 e. The average molecular weight is 216 g/mol. The highest BCUT2D eigenvalue weighted by Crippen LogP contribution is 1.99. The monoisotopic (exact) mass is 216 g/mol. The fourth-order valence-electron chi connectivity index (χ4n) is 1.85. The second kappa shape index (κ2) is 10.4. The molecule has 0 aliphatic heterocycles. The number of aliphatic hydroxyl groups is 1. The van der Waals surface area contributed by atoms with Crippen LogP contribution < -0.4 is 5.32 Å². The summed E-state index contributed by atoms with van der Waals surface area (Å²) in [6, 6.07) is 0.270. The van der Waals surface area contributed by atoms with E-state index in [1.165, 1.54) is 25.9 Å². The molecule has 15 heavy (non-hydrogen) atoms. The highest BCUT2D eigenvalue weighted by molar-refractivity contribution is 4.67. The fraction of sp³-hybridized carbons (Fsp3) is 1.00. The van der Waals surface area contributed by atoms with Crippen LogP contribution in [0.1, 0.15) is 40.0 Å². The molecule has 0 bridgehead atoms. The zero-order valence-electron chi connectivity index (χ0n) is 10.6. The number of hydrogen-bond donors (Lipinski definition) is 2. The van der Waals surface area contributed by atoms with E-state index in [1.54, 1.807) is 0 Å². The predicted octanol–water partition coefficient (Wildman–Crippen LogP) is 1.47. The van der Waals surface area contributed by atoms with Gasteiger partial charge < -0.3 is 15.3 Å². The summed E-state index contributed by atoms with van der Waals surface area (Å²) in [5.41, 5.74) is 0. The number of likely N-dealkylation sites (N-methyl/N-ethyl adjacent to an activating group) is 1. The minimum Gasteiger partial charge on any atom is -0.395 e. The third kappa shape index (κ3) is 7.77. The molecule has 1 unspecified atom stereocenters. The van der Waals surface area contributed by atoms with E-state index in [1.807, 2.05) is 0 Å². The number of nitrogens with zero attached hydrogens (tertiary/aromatic N) is 1. The molecule has 1 atom stereocenters. The summed E-state index contributed by atoms with van der Waals surface area (Å²) in [5.74, 6) is 0. The van der Waals surface area contributed by atoms with E-state index < -0.39 is 0 Å². The number of hydrogen-bond acceptors (Lipinski definition) is 3. The number of nitrogens with one attached hydrogen (secondary N) is 1. The molecule has 0 heterocycles. The van der Waals surface area contributed by atoms with Gasteiger partial charge in [0.05, 0.1) is 6.61 Å². The van der Waals surface area contributed by atoms with Crippen LogP contribution in [0.25, 0.3) is 0 Å². The van der Waals surface area contributed by atoms with Crippen molar-refractivity contribution in [3.8, 4) is 0 Å². The largest absolute Gasteiger partial charge is 0.395 e. The van der Waals surface area contributed by atoms with Crippen molar-refractivity contribution in [1.82, 2.24) is 10.2 Å². The van der Waals surface area contributed by atoms with Crippen molar-refractivity contribution in [2.24, 2.45) is 0 Å². The van der Waals surface area contributed by atoms with Crippen LogP contribution in [0.5, 0.6) is 0 Å². The van der Waals surface area contributed by atoms with Crippen LogP contribution in [0.3, 0.4) is 0 Å². The smallest absolute Gasteiger partial charge is 0.0585 e. The predicted molar refractivity (Wildman–Crippen MR) is 66.2 cm³/mol. The summed E-state index contributed by atoms with van der Waals surface area (Å²) >= 11 is 0. The maximum absolute atomic E-state index is 9.15. The van der Waals surface area contributed by atoms with E-state index in [0.29, 0.717) is 0 Å². The third-order valence-electron chi connectivity index (χ3n) is 2.59. The molecule has 0 fully saturated rings. The molecule has 3 nitrogen and oxygen atoms in total. The molecule has 2 N–H and O–H groups in total. The first-order valence-corrected chi connectivity index (χ1v) is 6.34. The average Bonchev–Trinajstić information content (AvgIpc) is 2.24. The molecule has 0 saturated carbocycles. The lowest BCUT2D eigenvalue weighted by molar-refractivity contribution is 0.206. The van der Waals surface area contributed by atoms with E-state index in [9.17, 15) is 0 Å². The van der Waals surface area contributed by atoms with Crippen LogP contribution in [0.15, 0.2) is 0 Å². The van der Waals surface area contributed by atoms with Gasteiger partial charge in [-0.1, -0.05) is 20.8 Å². The second-order valence-electron chi connectivity index (χ2n) is 4.07. The Morgan fingerprint density at radius 1 is 1.07 bits per heavy atom. The van der Waals surface area contributed by atoms with E-state index >= 15 is 0 Å². The molecule has 0 aromatic rings. The van der Waals surface area contributed by atoms with Crippen molar-refractivity contribution >= 4 is 0 Å². The van der Waals surface area contributed by atoms with Gasteiger partial charge in [0.2, 0.25) is 0 Å². The van der Waals surface area contributed by atoms with Crippen molar-refractivity contribution < 1.29 is 5.11 Å². The van der Waals surface area contributed by atoms with Crippen LogP contribution in [0.2, 0.25) is 0 Å². The zero-order valence-corrected chi connectivity index (χ0v) is 10.6. The molecule has 0 aromatic carbocycles. The molecule has 0 radical (unpaired) electrons. The van der Waals surface area contributed by atoms with Crippen molar-refractivity contribution in [3.05, 3.63) is 0 Å². The Balaban J connectivity index is 3.73. The van der Waals surface area contributed by atoms with E-state index in [-0.39, 0.29) is 12.6 Å². The highest BCUT2D eigenvalue weighted by Gasteiger charge is 2.08. The van der Waals surface area contributed by atoms with Crippen molar-refractivity contribution in [2.75, 3.05) is 32.8 Å². The third-order valence-corrected chi connectivity index (χ3v) is 2.59. The van der Waals surface area contributed by atoms with Crippen LogP contribution >= 0.6 is 0 Å². The molecule has 0 amide bonds. The molecule has 0 spiro atoms. The first-order valence-electron chi connectivity index (χ1n) is 6.34. The topological polar surface area (TPSA) is 35.5 Å². The van der Waals surface area contributed by atoms with Gasteiger partial charge in [-0.15, -0.1) is 0 Å². The van der Waals surface area contributed by atoms with Gasteiger partial charge in [0.25, 0.3) is 0 Å². The van der Waals surface area contributed by atoms with Gasteiger partial charge in [-0.3, -0.25) is 0 Å². The van der Waals surface area contributed by atoms with Gasteiger partial charge >= 0.3 is 0 Å². The van der Waals surface area contributed by atoms with Crippen LogP contribution in [0.4, 0.5) is 0 Å². The minimum atomic E-state index is 0.250. The molecular formula is C12H28N2O. The van der Waals surface area contributed by atoms with E-state index in [0.717, 1.165) is 19.5 Å². The van der Waals surface area contributed by atoms with Gasteiger partial charge in [0.1, 0.15) is 0 Å². The Morgan fingerprint density at radius 3 is 2.07 bits per heavy atom. The normalized spacial score (nSPS) is 13.4. The highest BCUT2D eigenvalue weighted by atomic mass is 16.3. The van der Waals surface area contributed by atoms with E-state index in [2.05, 4.69) is 31.0 Å². The van der Waals surface area contributed by atoms with E-state index in [4.69, 9.17) is 5.11 Å².